The van der Waals surface area contributed by atoms with Crippen LogP contribution in [0, 0.1) is 0 Å². The lowest BCUT2D eigenvalue weighted by Gasteiger charge is -1.93. The first-order chi connectivity index (χ1) is 7.33. The maximum Gasteiger partial charge on any atom is 0.417 e. The van der Waals surface area contributed by atoms with Gasteiger partial charge in [0.05, 0.1) is 11.7 Å². The van der Waals surface area contributed by atoms with Gasteiger partial charge >= 0.3 is 5.76 Å². The molecule has 1 N–H and O–H groups in total. The molecule has 0 aliphatic rings. The van der Waals surface area contributed by atoms with Crippen LogP contribution in [0.1, 0.15) is 0 Å². The quantitative estimate of drug-likeness (QED) is 0.652. The molecule has 0 aliphatic carbocycles. The number of fused-ring (bicyclic) bond motifs is 1. The van der Waals surface area contributed by atoms with E-state index in [2.05, 4.69) is 10.1 Å². The monoisotopic (exact) mass is 202 g/mol. The Hall–Kier alpha value is -2.30. The van der Waals surface area contributed by atoms with Gasteiger partial charge in [0.25, 0.3) is 0 Å². The standard InChI is InChI=1S/C10H6N2O3/c13-10-12-7-2-1-6(5-9(7)14-10)8-3-4-11-15-8/h1-5H,(H,12,13). The second-order valence-corrected chi connectivity index (χ2v) is 3.10. The lowest BCUT2D eigenvalue weighted by atomic mass is 10.1. The topological polar surface area (TPSA) is 72.0 Å². The summed E-state index contributed by atoms with van der Waals surface area (Å²) in [7, 11) is 0. The van der Waals surface area contributed by atoms with Crippen molar-refractivity contribution < 1.29 is 8.94 Å². The average Bonchev–Trinajstić information content (AvgIpc) is 2.82. The molecule has 0 bridgehead atoms. The number of rotatable bonds is 1. The highest BCUT2D eigenvalue weighted by Gasteiger charge is 2.05. The highest BCUT2D eigenvalue weighted by Crippen LogP contribution is 2.22. The van der Waals surface area contributed by atoms with Gasteiger partial charge in [-0.2, -0.15) is 0 Å². The number of oxazole rings is 1. The number of aromatic nitrogens is 2. The Morgan fingerprint density at radius 3 is 3.00 bits per heavy atom. The molecule has 1 aromatic carbocycles. The van der Waals surface area contributed by atoms with Crippen molar-refractivity contribution >= 4 is 11.1 Å². The molecule has 2 heterocycles. The molecule has 0 saturated carbocycles. The summed E-state index contributed by atoms with van der Waals surface area (Å²) in [5, 5.41) is 3.61. The predicted molar refractivity (Wildman–Crippen MR) is 52.3 cm³/mol. The summed E-state index contributed by atoms with van der Waals surface area (Å²) < 4.78 is 9.93. The van der Waals surface area contributed by atoms with Crippen molar-refractivity contribution in [3.63, 3.8) is 0 Å². The molecule has 0 fully saturated rings. The molecule has 74 valence electrons. The number of aromatic amines is 1. The van der Waals surface area contributed by atoms with Crippen LogP contribution in [0.3, 0.4) is 0 Å². The summed E-state index contributed by atoms with van der Waals surface area (Å²) in [6.45, 7) is 0. The summed E-state index contributed by atoms with van der Waals surface area (Å²) in [5.41, 5.74) is 2.00. The van der Waals surface area contributed by atoms with Crippen molar-refractivity contribution in [2.45, 2.75) is 0 Å². The van der Waals surface area contributed by atoms with Crippen molar-refractivity contribution in [1.29, 1.82) is 0 Å². The van der Waals surface area contributed by atoms with E-state index in [0.29, 0.717) is 16.9 Å². The zero-order valence-corrected chi connectivity index (χ0v) is 7.56. The highest BCUT2D eigenvalue weighted by atomic mass is 16.5. The zero-order chi connectivity index (χ0) is 10.3. The number of nitrogens with zero attached hydrogens (tertiary/aromatic N) is 1. The van der Waals surface area contributed by atoms with E-state index in [9.17, 15) is 4.79 Å². The van der Waals surface area contributed by atoms with Crippen LogP contribution in [0.15, 0.2) is 44.2 Å². The molecule has 2 aromatic heterocycles. The number of nitrogens with one attached hydrogen (secondary N) is 1. The summed E-state index contributed by atoms with van der Waals surface area (Å²) in [4.78, 5) is 13.5. The van der Waals surface area contributed by atoms with Gasteiger partial charge < -0.3 is 8.94 Å². The summed E-state index contributed by atoms with van der Waals surface area (Å²) in [6, 6.07) is 7.06. The maximum atomic E-state index is 10.9. The molecule has 0 radical (unpaired) electrons. The minimum Gasteiger partial charge on any atom is -0.408 e. The molecule has 0 atom stereocenters. The van der Waals surface area contributed by atoms with Crippen molar-refractivity contribution in [2.24, 2.45) is 0 Å². The van der Waals surface area contributed by atoms with Gasteiger partial charge in [0.15, 0.2) is 11.3 Å². The van der Waals surface area contributed by atoms with Gasteiger partial charge in [0.1, 0.15) is 0 Å². The summed E-state index contributed by atoms with van der Waals surface area (Å²) >= 11 is 0. The van der Waals surface area contributed by atoms with E-state index in [1.54, 1.807) is 24.4 Å². The van der Waals surface area contributed by atoms with Crippen molar-refractivity contribution in [3.8, 4) is 11.3 Å². The van der Waals surface area contributed by atoms with Crippen LogP contribution in [-0.2, 0) is 0 Å². The van der Waals surface area contributed by atoms with Crippen LogP contribution < -0.4 is 5.76 Å². The Bertz CT molecular complexity index is 649. The molecule has 0 spiro atoms. The third-order valence-electron chi connectivity index (χ3n) is 2.14. The largest absolute Gasteiger partial charge is 0.417 e. The zero-order valence-electron chi connectivity index (χ0n) is 7.56. The fraction of sp³-hybridized carbons (Fsp3) is 0. The fourth-order valence-electron chi connectivity index (χ4n) is 1.46. The van der Waals surface area contributed by atoms with Gasteiger partial charge in [-0.1, -0.05) is 5.16 Å². The lowest BCUT2D eigenvalue weighted by molar-refractivity contribution is 0.432. The van der Waals surface area contributed by atoms with Crippen LogP contribution in [0.4, 0.5) is 0 Å². The minimum absolute atomic E-state index is 0.459. The number of H-pyrrole nitrogens is 1. The van der Waals surface area contributed by atoms with Gasteiger partial charge in [-0.15, -0.1) is 0 Å². The first kappa shape index (κ1) is 8.05. The Balaban J connectivity index is 2.26. The maximum absolute atomic E-state index is 10.9. The van der Waals surface area contributed by atoms with E-state index < -0.39 is 5.76 Å². The third kappa shape index (κ3) is 1.25. The minimum atomic E-state index is -0.459. The fourth-order valence-corrected chi connectivity index (χ4v) is 1.46. The van der Waals surface area contributed by atoms with Crippen LogP contribution >= 0.6 is 0 Å². The van der Waals surface area contributed by atoms with Crippen LogP contribution in [0.2, 0.25) is 0 Å². The number of hydrogen-bond acceptors (Lipinski definition) is 4. The SMILES string of the molecule is O=c1[nH]c2ccc(-c3ccno3)cc2o1. The average molecular weight is 202 g/mol. The van der Waals surface area contributed by atoms with E-state index in [1.807, 2.05) is 6.07 Å². The van der Waals surface area contributed by atoms with Gasteiger partial charge in [0.2, 0.25) is 0 Å². The number of benzene rings is 1. The molecule has 0 saturated heterocycles. The lowest BCUT2D eigenvalue weighted by Crippen LogP contribution is -1.92. The first-order valence-electron chi connectivity index (χ1n) is 4.37. The molecule has 15 heavy (non-hydrogen) atoms. The van der Waals surface area contributed by atoms with Crippen molar-refractivity contribution in [1.82, 2.24) is 10.1 Å². The Morgan fingerprint density at radius 2 is 2.20 bits per heavy atom. The first-order valence-corrected chi connectivity index (χ1v) is 4.37. The third-order valence-corrected chi connectivity index (χ3v) is 2.14. The number of hydrogen-bond donors (Lipinski definition) is 1. The van der Waals surface area contributed by atoms with Gasteiger partial charge in [0, 0.05) is 11.6 Å². The van der Waals surface area contributed by atoms with E-state index in [4.69, 9.17) is 8.94 Å². The Morgan fingerprint density at radius 1 is 1.27 bits per heavy atom. The van der Waals surface area contributed by atoms with E-state index >= 15 is 0 Å². The second kappa shape index (κ2) is 2.84. The van der Waals surface area contributed by atoms with Gasteiger partial charge in [-0.3, -0.25) is 4.98 Å². The van der Waals surface area contributed by atoms with Crippen LogP contribution in [0.5, 0.6) is 0 Å². The molecular weight excluding hydrogens is 196 g/mol. The van der Waals surface area contributed by atoms with E-state index in [-0.39, 0.29) is 0 Å². The highest BCUT2D eigenvalue weighted by molar-refractivity contribution is 5.78. The van der Waals surface area contributed by atoms with E-state index in [1.165, 1.54) is 0 Å². The smallest absolute Gasteiger partial charge is 0.408 e. The van der Waals surface area contributed by atoms with Crippen LogP contribution in [-0.4, -0.2) is 10.1 Å². The molecule has 0 aliphatic heterocycles. The normalized spacial score (nSPS) is 10.9. The summed E-state index contributed by atoms with van der Waals surface area (Å²) in [5.74, 6) is 0.181. The summed E-state index contributed by atoms with van der Waals surface area (Å²) in [6.07, 6.45) is 1.56. The molecular formula is C10H6N2O3. The van der Waals surface area contributed by atoms with E-state index in [0.717, 1.165) is 5.56 Å². The Kier molecular flexibility index (Phi) is 1.53. The molecule has 3 aromatic rings. The van der Waals surface area contributed by atoms with Gasteiger partial charge in [-0.25, -0.2) is 4.79 Å². The molecule has 5 heteroatoms. The molecule has 3 rings (SSSR count). The second-order valence-electron chi connectivity index (χ2n) is 3.10. The predicted octanol–water partition coefficient (Wildman–Crippen LogP) is 1.78. The van der Waals surface area contributed by atoms with Crippen LogP contribution in [0.25, 0.3) is 22.4 Å². The van der Waals surface area contributed by atoms with Gasteiger partial charge in [-0.05, 0) is 18.2 Å². The molecule has 0 unspecified atom stereocenters. The molecule has 0 amide bonds. The molecule has 5 nitrogen and oxygen atoms in total. The Labute approximate surface area is 83.3 Å². The van der Waals surface area contributed by atoms with Crippen molar-refractivity contribution in [2.75, 3.05) is 0 Å². The van der Waals surface area contributed by atoms with Crippen molar-refractivity contribution in [3.05, 3.63) is 41.0 Å².